The van der Waals surface area contributed by atoms with E-state index >= 15 is 0 Å². The summed E-state index contributed by atoms with van der Waals surface area (Å²) in [5.41, 5.74) is 6.68. The molecule has 2 unspecified atom stereocenters. The van der Waals surface area contributed by atoms with E-state index in [1.54, 1.807) is 13.8 Å². The van der Waals surface area contributed by atoms with Crippen LogP contribution < -0.4 is 5.73 Å². The molecule has 5 aliphatic carbocycles. The number of carbonyl (C=O) groups excluding carboxylic acids is 5. The van der Waals surface area contributed by atoms with Gasteiger partial charge in [-0.3, -0.25) is 24.0 Å². The smallest absolute Gasteiger partial charge is 0.235 e. The van der Waals surface area contributed by atoms with Crippen molar-refractivity contribution in [3.8, 4) is 5.75 Å². The fraction of sp³-hybridized carbons (Fsp3) is 0.531. The van der Waals surface area contributed by atoms with E-state index in [4.69, 9.17) is 5.73 Å². The van der Waals surface area contributed by atoms with Gasteiger partial charge in [0.1, 0.15) is 5.75 Å². The third-order valence-electron chi connectivity index (χ3n) is 10.1. The summed E-state index contributed by atoms with van der Waals surface area (Å²) in [5.74, 6) is -10.4. The molecule has 0 aliphatic heterocycles. The number of primary amides is 1. The van der Waals surface area contributed by atoms with Crippen molar-refractivity contribution in [3.05, 3.63) is 46.5 Å². The molecule has 6 rings (SSSR count). The van der Waals surface area contributed by atoms with Gasteiger partial charge in [0.15, 0.2) is 34.7 Å². The number of ketones is 4. The first-order valence-corrected chi connectivity index (χ1v) is 14.4. The Hall–Kier alpha value is -3.39. The van der Waals surface area contributed by atoms with Crippen molar-refractivity contribution < 1.29 is 34.2 Å². The first-order valence-electron chi connectivity index (χ1n) is 14.4. The lowest BCUT2D eigenvalue weighted by Gasteiger charge is -2.52. The molecule has 3 saturated carbocycles. The topological polar surface area (TPSA) is 152 Å². The van der Waals surface area contributed by atoms with Crippen molar-refractivity contribution in [3.63, 3.8) is 0 Å². The fourth-order valence-electron chi connectivity index (χ4n) is 7.89. The van der Waals surface area contributed by atoms with E-state index in [2.05, 4.69) is 12.2 Å². The average Bonchev–Trinajstić information content (AvgIpc) is 3.60. The van der Waals surface area contributed by atoms with Crippen LogP contribution in [0.2, 0.25) is 0 Å². The van der Waals surface area contributed by atoms with E-state index in [0.717, 1.165) is 29.9 Å². The van der Waals surface area contributed by atoms with Gasteiger partial charge in [-0.05, 0) is 72.6 Å². The van der Waals surface area contributed by atoms with E-state index in [1.807, 2.05) is 6.07 Å². The van der Waals surface area contributed by atoms with Crippen LogP contribution in [0.4, 0.5) is 0 Å². The molecule has 0 saturated heterocycles. The van der Waals surface area contributed by atoms with Crippen molar-refractivity contribution >= 4 is 34.6 Å². The molecule has 1 amide bonds. The molecule has 5 aliphatic rings. The third-order valence-corrected chi connectivity index (χ3v) is 10.1. The third kappa shape index (κ3) is 3.86. The Morgan fingerprint density at radius 1 is 1.10 bits per heavy atom. The number of phenolic OH excluding ortho intramolecular Hbond substituents is 1. The number of allylic oxidation sites excluding steroid dienone is 4. The number of rotatable bonds is 6. The second-order valence-electron chi connectivity index (χ2n) is 12.8. The zero-order valence-corrected chi connectivity index (χ0v) is 22.8. The Labute approximate surface area is 232 Å². The highest BCUT2D eigenvalue weighted by molar-refractivity contribution is 6.32. The largest absolute Gasteiger partial charge is 0.507 e. The molecule has 0 aromatic heterocycles. The molecule has 1 aromatic carbocycles. The van der Waals surface area contributed by atoms with E-state index in [-0.39, 0.29) is 30.1 Å². The van der Waals surface area contributed by atoms with Crippen LogP contribution in [0, 0.1) is 41.4 Å². The summed E-state index contributed by atoms with van der Waals surface area (Å²) < 4.78 is 0. The van der Waals surface area contributed by atoms with E-state index in [1.165, 1.54) is 30.9 Å². The number of amides is 1. The summed E-state index contributed by atoms with van der Waals surface area (Å²) in [6, 6.07) is 3.27. The number of hydrogen-bond donors (Lipinski definition) is 3. The number of phenols is 1. The molecule has 3 fully saturated rings. The highest BCUT2D eigenvalue weighted by Crippen LogP contribution is 2.53. The highest BCUT2D eigenvalue weighted by atomic mass is 16.3. The molecule has 0 heterocycles. The molecular weight excluding hydrogens is 510 g/mol. The monoisotopic (exact) mass is 545 g/mol. The maximum Gasteiger partial charge on any atom is 0.235 e. The van der Waals surface area contributed by atoms with Crippen molar-refractivity contribution in [2.24, 2.45) is 47.2 Å². The summed E-state index contributed by atoms with van der Waals surface area (Å²) in [5, 5.41) is 22.5. The SMILES string of the molecule is CC(C)[C@@H]1C(=O)C(C(N)=O)C(=O)[C@@]2(O)C(=O)C3C(=O)c4c(O)ccc(C5=CC=C(CCC6CC6)C5)c4C[C@H]3C[C@@H]12. The van der Waals surface area contributed by atoms with Crippen molar-refractivity contribution in [1.82, 2.24) is 0 Å². The first kappa shape index (κ1) is 26.8. The molecule has 8 nitrogen and oxygen atoms in total. The van der Waals surface area contributed by atoms with Crippen LogP contribution in [-0.4, -0.2) is 44.9 Å². The molecule has 8 heteroatoms. The normalized spacial score (nSPS) is 33.4. The van der Waals surface area contributed by atoms with Crippen molar-refractivity contribution in [1.29, 1.82) is 0 Å². The molecule has 1 aromatic rings. The summed E-state index contributed by atoms with van der Waals surface area (Å²) in [4.78, 5) is 66.7. The van der Waals surface area contributed by atoms with Gasteiger partial charge in [-0.25, -0.2) is 0 Å². The Balaban J connectivity index is 1.37. The lowest BCUT2D eigenvalue weighted by Crippen LogP contribution is -2.71. The van der Waals surface area contributed by atoms with Gasteiger partial charge in [0.05, 0.1) is 11.5 Å². The summed E-state index contributed by atoms with van der Waals surface area (Å²) in [6.45, 7) is 3.48. The number of benzene rings is 1. The molecule has 6 atom stereocenters. The molecule has 210 valence electrons. The summed E-state index contributed by atoms with van der Waals surface area (Å²) in [6.07, 6.45) is 10.2. The molecule has 4 N–H and O–H groups in total. The number of hydrogen-bond acceptors (Lipinski definition) is 7. The minimum atomic E-state index is -2.67. The summed E-state index contributed by atoms with van der Waals surface area (Å²) >= 11 is 0. The lowest BCUT2D eigenvalue weighted by atomic mass is 9.49. The van der Waals surface area contributed by atoms with Crippen LogP contribution in [0.5, 0.6) is 5.75 Å². The van der Waals surface area contributed by atoms with E-state index in [0.29, 0.717) is 5.56 Å². The highest BCUT2D eigenvalue weighted by Gasteiger charge is 2.69. The van der Waals surface area contributed by atoms with Gasteiger partial charge in [-0.2, -0.15) is 0 Å². The zero-order chi connectivity index (χ0) is 28.7. The van der Waals surface area contributed by atoms with Crippen LogP contribution in [0.3, 0.4) is 0 Å². The number of aromatic hydroxyl groups is 1. The Kier molecular flexibility index (Phi) is 6.26. The Bertz CT molecular complexity index is 1430. The maximum atomic E-state index is 14.0. The standard InChI is InChI=1S/C32H35NO7/c1-14(2)23-21-13-18-12-20-19(17-8-7-16(11-17)6-5-15-3-4-15)9-10-22(34)25(20)28(36)24(18)29(37)32(21,40)30(38)26(27(23)35)31(33)39/h7-10,14-15,18,21,23-24,26,34,40H,3-6,11-13H2,1-2H3,(H2,33,39)/t18-,21-,23-,24?,26?,32-/m0/s1. The van der Waals surface area contributed by atoms with Gasteiger partial charge in [0, 0.05) is 11.8 Å². The molecule has 0 spiro atoms. The Morgan fingerprint density at radius 2 is 1.82 bits per heavy atom. The van der Waals surface area contributed by atoms with Crippen molar-refractivity contribution in [2.45, 2.75) is 64.4 Å². The zero-order valence-electron chi connectivity index (χ0n) is 22.8. The lowest BCUT2D eigenvalue weighted by molar-refractivity contribution is -0.182. The van der Waals surface area contributed by atoms with Gasteiger partial charge in [-0.15, -0.1) is 0 Å². The van der Waals surface area contributed by atoms with Crippen LogP contribution in [0.15, 0.2) is 29.9 Å². The number of fused-ring (bicyclic) bond motifs is 3. The van der Waals surface area contributed by atoms with Gasteiger partial charge in [0.2, 0.25) is 5.91 Å². The van der Waals surface area contributed by atoms with Crippen molar-refractivity contribution in [2.75, 3.05) is 0 Å². The number of Topliss-reactive ketones (excluding diaryl/α,β-unsaturated/α-hetero) is 4. The van der Waals surface area contributed by atoms with Crippen LogP contribution in [0.25, 0.3) is 5.57 Å². The van der Waals surface area contributed by atoms with E-state index in [9.17, 15) is 34.2 Å². The molecular formula is C32H35NO7. The number of carbonyl (C=O) groups is 5. The first-order chi connectivity index (χ1) is 18.9. The second kappa shape index (κ2) is 9.33. The predicted octanol–water partition coefficient (Wildman–Crippen LogP) is 3.11. The number of nitrogens with two attached hydrogens (primary N) is 1. The minimum absolute atomic E-state index is 0.0488. The van der Waals surface area contributed by atoms with Gasteiger partial charge in [0.25, 0.3) is 0 Å². The maximum absolute atomic E-state index is 14.0. The van der Waals surface area contributed by atoms with Gasteiger partial charge in [-0.1, -0.05) is 50.5 Å². The average molecular weight is 546 g/mol. The molecule has 0 radical (unpaired) electrons. The quantitative estimate of drug-likeness (QED) is 0.465. The van der Waals surface area contributed by atoms with Crippen LogP contribution >= 0.6 is 0 Å². The summed E-state index contributed by atoms with van der Waals surface area (Å²) in [7, 11) is 0. The van der Waals surface area contributed by atoms with E-state index < -0.39 is 64.2 Å². The second-order valence-corrected chi connectivity index (χ2v) is 12.8. The minimum Gasteiger partial charge on any atom is -0.507 e. The van der Waals surface area contributed by atoms with Gasteiger partial charge >= 0.3 is 0 Å². The molecule has 0 bridgehead atoms. The number of aliphatic hydroxyl groups is 1. The fourth-order valence-corrected chi connectivity index (χ4v) is 7.89. The predicted molar refractivity (Wildman–Crippen MR) is 145 cm³/mol. The van der Waals surface area contributed by atoms with Crippen LogP contribution in [-0.2, 0) is 25.6 Å². The van der Waals surface area contributed by atoms with Gasteiger partial charge < -0.3 is 15.9 Å². The Morgan fingerprint density at radius 3 is 2.48 bits per heavy atom. The van der Waals surface area contributed by atoms with Crippen LogP contribution in [0.1, 0.15) is 73.9 Å². The molecule has 40 heavy (non-hydrogen) atoms.